The van der Waals surface area contributed by atoms with E-state index in [4.69, 9.17) is 37.4 Å². The quantitative estimate of drug-likeness (QED) is 0.562. The van der Waals surface area contributed by atoms with Crippen LogP contribution in [0.4, 0.5) is 0 Å². The lowest BCUT2D eigenvalue weighted by molar-refractivity contribution is 0.0600. The van der Waals surface area contributed by atoms with Crippen LogP contribution in [0.1, 0.15) is 22.8 Å². The van der Waals surface area contributed by atoms with Crippen molar-refractivity contribution in [2.75, 3.05) is 13.7 Å². The summed E-state index contributed by atoms with van der Waals surface area (Å²) in [7, 11) is 1.32. The standard InChI is InChI=1S/C17H15BrCl2O4/c1-3-23-15-8-11(17(21)22-2)7-12(18)16(15)24-9-10-4-5-13(19)14(20)6-10/h4-8H,3,9H2,1-2H3. The Morgan fingerprint density at radius 3 is 2.50 bits per heavy atom. The topological polar surface area (TPSA) is 44.8 Å². The molecule has 0 saturated heterocycles. The summed E-state index contributed by atoms with van der Waals surface area (Å²) in [6.07, 6.45) is 0. The van der Waals surface area contributed by atoms with Gasteiger partial charge in [-0.15, -0.1) is 0 Å². The highest BCUT2D eigenvalue weighted by atomic mass is 79.9. The normalized spacial score (nSPS) is 10.4. The van der Waals surface area contributed by atoms with Crippen molar-refractivity contribution in [3.8, 4) is 11.5 Å². The summed E-state index contributed by atoms with van der Waals surface area (Å²) >= 11 is 15.3. The number of hydrogen-bond acceptors (Lipinski definition) is 4. The van der Waals surface area contributed by atoms with Gasteiger partial charge in [-0.05, 0) is 52.7 Å². The summed E-state index contributed by atoms with van der Waals surface area (Å²) in [5.41, 5.74) is 1.23. The van der Waals surface area contributed by atoms with Crippen LogP contribution in [0.15, 0.2) is 34.8 Å². The van der Waals surface area contributed by atoms with Gasteiger partial charge in [-0.25, -0.2) is 4.79 Å². The Balaban J connectivity index is 2.27. The van der Waals surface area contributed by atoms with Gasteiger partial charge < -0.3 is 14.2 Å². The van der Waals surface area contributed by atoms with Crippen molar-refractivity contribution < 1.29 is 19.0 Å². The van der Waals surface area contributed by atoms with Crippen molar-refractivity contribution in [3.05, 3.63) is 56.0 Å². The average molecular weight is 434 g/mol. The number of methoxy groups -OCH3 is 1. The van der Waals surface area contributed by atoms with Gasteiger partial charge in [-0.3, -0.25) is 0 Å². The minimum Gasteiger partial charge on any atom is -0.490 e. The molecule has 0 aliphatic heterocycles. The third-order valence-electron chi connectivity index (χ3n) is 3.10. The summed E-state index contributed by atoms with van der Waals surface area (Å²) < 4.78 is 16.7. The van der Waals surface area contributed by atoms with Gasteiger partial charge in [0, 0.05) is 0 Å². The van der Waals surface area contributed by atoms with Gasteiger partial charge in [0.15, 0.2) is 11.5 Å². The molecule has 0 aliphatic rings. The zero-order chi connectivity index (χ0) is 17.7. The largest absolute Gasteiger partial charge is 0.490 e. The molecular weight excluding hydrogens is 419 g/mol. The molecule has 2 aromatic carbocycles. The molecule has 0 heterocycles. The molecule has 128 valence electrons. The minimum absolute atomic E-state index is 0.271. The predicted octanol–water partition coefficient (Wildman–Crippen LogP) is 5.52. The number of carbonyl (C=O) groups excluding carboxylic acids is 1. The van der Waals surface area contributed by atoms with E-state index in [1.165, 1.54) is 7.11 Å². The molecule has 0 bridgehead atoms. The highest BCUT2D eigenvalue weighted by molar-refractivity contribution is 9.10. The molecule has 0 atom stereocenters. The van der Waals surface area contributed by atoms with Crippen LogP contribution in [0, 0.1) is 0 Å². The molecule has 0 radical (unpaired) electrons. The van der Waals surface area contributed by atoms with Gasteiger partial charge in [0.1, 0.15) is 6.61 Å². The molecule has 24 heavy (non-hydrogen) atoms. The van der Waals surface area contributed by atoms with Crippen molar-refractivity contribution in [1.29, 1.82) is 0 Å². The Bertz CT molecular complexity index is 750. The molecule has 0 amide bonds. The smallest absolute Gasteiger partial charge is 0.338 e. The SMILES string of the molecule is CCOc1cc(C(=O)OC)cc(Br)c1OCc1ccc(Cl)c(Cl)c1. The van der Waals surface area contributed by atoms with Crippen molar-refractivity contribution in [2.24, 2.45) is 0 Å². The number of benzene rings is 2. The summed E-state index contributed by atoms with van der Waals surface area (Å²) in [5, 5.41) is 0.946. The molecule has 2 rings (SSSR count). The summed E-state index contributed by atoms with van der Waals surface area (Å²) in [5.74, 6) is 0.496. The molecule has 0 fully saturated rings. The van der Waals surface area contributed by atoms with E-state index < -0.39 is 5.97 Å². The molecule has 2 aromatic rings. The summed E-state index contributed by atoms with van der Waals surface area (Å²) in [6, 6.07) is 8.48. The molecule has 0 aliphatic carbocycles. The Hall–Kier alpha value is -1.43. The molecule has 0 N–H and O–H groups in total. The molecule has 0 spiro atoms. The number of rotatable bonds is 6. The first-order valence-electron chi connectivity index (χ1n) is 7.07. The van der Waals surface area contributed by atoms with Gasteiger partial charge in [0.2, 0.25) is 0 Å². The first-order chi connectivity index (χ1) is 11.5. The lowest BCUT2D eigenvalue weighted by Crippen LogP contribution is -2.05. The second kappa shape index (κ2) is 8.60. The molecule has 7 heteroatoms. The first-order valence-corrected chi connectivity index (χ1v) is 8.62. The van der Waals surface area contributed by atoms with E-state index in [0.29, 0.717) is 38.2 Å². The monoisotopic (exact) mass is 432 g/mol. The van der Waals surface area contributed by atoms with Crippen molar-refractivity contribution >= 4 is 45.1 Å². The van der Waals surface area contributed by atoms with Crippen LogP contribution >= 0.6 is 39.1 Å². The number of hydrogen-bond donors (Lipinski definition) is 0. The number of esters is 1. The van der Waals surface area contributed by atoms with Crippen molar-refractivity contribution in [1.82, 2.24) is 0 Å². The van der Waals surface area contributed by atoms with Gasteiger partial charge in [0.25, 0.3) is 0 Å². The van der Waals surface area contributed by atoms with E-state index in [1.54, 1.807) is 24.3 Å². The fraction of sp³-hybridized carbons (Fsp3) is 0.235. The fourth-order valence-electron chi connectivity index (χ4n) is 1.99. The lowest BCUT2D eigenvalue weighted by atomic mass is 10.2. The Labute approximate surface area is 158 Å². The second-order valence-electron chi connectivity index (χ2n) is 4.75. The van der Waals surface area contributed by atoms with E-state index in [0.717, 1.165) is 5.56 Å². The van der Waals surface area contributed by atoms with E-state index >= 15 is 0 Å². The second-order valence-corrected chi connectivity index (χ2v) is 6.42. The third-order valence-corrected chi connectivity index (χ3v) is 4.43. The lowest BCUT2D eigenvalue weighted by Gasteiger charge is -2.15. The van der Waals surface area contributed by atoms with Gasteiger partial charge in [-0.2, -0.15) is 0 Å². The summed E-state index contributed by atoms with van der Waals surface area (Å²) in [4.78, 5) is 11.7. The van der Waals surface area contributed by atoms with Crippen LogP contribution in [0.3, 0.4) is 0 Å². The maximum atomic E-state index is 11.7. The number of ether oxygens (including phenoxy) is 3. The van der Waals surface area contributed by atoms with Crippen LogP contribution in [0.25, 0.3) is 0 Å². The predicted molar refractivity (Wildman–Crippen MR) is 97.4 cm³/mol. The van der Waals surface area contributed by atoms with E-state index in [9.17, 15) is 4.79 Å². The number of carbonyl (C=O) groups is 1. The molecule has 0 unspecified atom stereocenters. The third kappa shape index (κ3) is 4.56. The fourth-order valence-corrected chi connectivity index (χ4v) is 2.87. The Morgan fingerprint density at radius 1 is 1.12 bits per heavy atom. The van der Waals surface area contributed by atoms with Crippen LogP contribution in [0.2, 0.25) is 10.0 Å². The zero-order valence-electron chi connectivity index (χ0n) is 13.1. The highest BCUT2D eigenvalue weighted by Crippen LogP contribution is 2.38. The van der Waals surface area contributed by atoms with Crippen LogP contribution in [-0.4, -0.2) is 19.7 Å². The Morgan fingerprint density at radius 2 is 1.88 bits per heavy atom. The molecule has 4 nitrogen and oxygen atoms in total. The molecule has 0 saturated carbocycles. The minimum atomic E-state index is -0.451. The molecule has 0 aromatic heterocycles. The van der Waals surface area contributed by atoms with Crippen molar-refractivity contribution in [2.45, 2.75) is 13.5 Å². The maximum absolute atomic E-state index is 11.7. The van der Waals surface area contributed by atoms with Crippen LogP contribution in [0.5, 0.6) is 11.5 Å². The van der Waals surface area contributed by atoms with Gasteiger partial charge in [-0.1, -0.05) is 29.3 Å². The first kappa shape index (κ1) is 18.9. The molecular formula is C17H15BrCl2O4. The van der Waals surface area contributed by atoms with E-state index in [1.807, 2.05) is 13.0 Å². The van der Waals surface area contributed by atoms with E-state index in [-0.39, 0.29) is 6.61 Å². The zero-order valence-corrected chi connectivity index (χ0v) is 16.2. The van der Waals surface area contributed by atoms with Gasteiger partial charge >= 0.3 is 5.97 Å². The maximum Gasteiger partial charge on any atom is 0.338 e. The summed E-state index contributed by atoms with van der Waals surface area (Å²) in [6.45, 7) is 2.55. The van der Waals surface area contributed by atoms with Crippen molar-refractivity contribution in [3.63, 3.8) is 0 Å². The average Bonchev–Trinajstić information content (AvgIpc) is 2.56. The van der Waals surface area contributed by atoms with Crippen LogP contribution in [-0.2, 0) is 11.3 Å². The van der Waals surface area contributed by atoms with E-state index in [2.05, 4.69) is 15.9 Å². The highest BCUT2D eigenvalue weighted by Gasteiger charge is 2.16. The van der Waals surface area contributed by atoms with Crippen LogP contribution < -0.4 is 9.47 Å². The number of halogens is 3. The van der Waals surface area contributed by atoms with Gasteiger partial charge in [0.05, 0.1) is 33.8 Å². The Kier molecular flexibility index (Phi) is 6.78.